The molecule has 1 saturated heterocycles. The van der Waals surface area contributed by atoms with Crippen LogP contribution in [-0.4, -0.2) is 29.8 Å². The van der Waals surface area contributed by atoms with Gasteiger partial charge in [0.1, 0.15) is 0 Å². The fourth-order valence-corrected chi connectivity index (χ4v) is 2.74. The molecule has 5 heteroatoms. The van der Waals surface area contributed by atoms with Crippen LogP contribution in [0.15, 0.2) is 4.42 Å². The quantitative estimate of drug-likeness (QED) is 0.890. The topological polar surface area (TPSA) is 54.2 Å². The van der Waals surface area contributed by atoms with E-state index in [1.54, 1.807) is 0 Å². The van der Waals surface area contributed by atoms with E-state index in [9.17, 15) is 0 Å². The Hall–Kier alpha value is -1.10. The molecule has 0 bridgehead atoms. The number of aromatic nitrogens is 2. The van der Waals surface area contributed by atoms with Gasteiger partial charge in [0.2, 0.25) is 5.89 Å². The smallest absolute Gasteiger partial charge is 0.318 e. The van der Waals surface area contributed by atoms with E-state index in [0.717, 1.165) is 19.6 Å². The summed E-state index contributed by atoms with van der Waals surface area (Å²) in [6.07, 6.45) is 1.28. The predicted octanol–water partition coefficient (Wildman–Crippen LogP) is 2.22. The summed E-state index contributed by atoms with van der Waals surface area (Å²) in [7, 11) is 0. The molecule has 102 valence electrons. The summed E-state index contributed by atoms with van der Waals surface area (Å²) in [5.41, 5.74) is 0. The van der Waals surface area contributed by atoms with Gasteiger partial charge in [0.25, 0.3) is 0 Å². The van der Waals surface area contributed by atoms with Crippen LogP contribution in [0, 0.1) is 11.8 Å². The lowest BCUT2D eigenvalue weighted by Gasteiger charge is -2.33. The van der Waals surface area contributed by atoms with E-state index in [4.69, 9.17) is 4.42 Å². The summed E-state index contributed by atoms with van der Waals surface area (Å²) in [4.78, 5) is 2.22. The molecule has 3 atom stereocenters. The van der Waals surface area contributed by atoms with E-state index in [-0.39, 0.29) is 6.04 Å². The van der Waals surface area contributed by atoms with Crippen LogP contribution in [-0.2, 0) is 0 Å². The van der Waals surface area contributed by atoms with Crippen LogP contribution < -0.4 is 10.2 Å². The molecule has 2 rings (SSSR count). The molecule has 0 aromatic carbocycles. The minimum absolute atomic E-state index is 0.121. The molecule has 5 nitrogen and oxygen atoms in total. The van der Waals surface area contributed by atoms with Gasteiger partial charge in [-0.05, 0) is 31.7 Å². The molecular formula is C13H24N4O. The van der Waals surface area contributed by atoms with Gasteiger partial charge in [-0.15, -0.1) is 5.10 Å². The van der Waals surface area contributed by atoms with Crippen LogP contribution in [0.25, 0.3) is 0 Å². The Morgan fingerprint density at radius 1 is 1.33 bits per heavy atom. The summed E-state index contributed by atoms with van der Waals surface area (Å²) < 4.78 is 5.78. The van der Waals surface area contributed by atoms with Crippen molar-refractivity contribution < 1.29 is 4.42 Å². The molecule has 0 spiro atoms. The fraction of sp³-hybridized carbons (Fsp3) is 0.846. The molecule has 1 aromatic rings. The first-order valence-electron chi connectivity index (χ1n) is 6.91. The summed E-state index contributed by atoms with van der Waals surface area (Å²) >= 11 is 0. The molecule has 1 fully saturated rings. The highest BCUT2D eigenvalue weighted by Crippen LogP contribution is 2.26. The van der Waals surface area contributed by atoms with Gasteiger partial charge in [-0.1, -0.05) is 25.9 Å². The Morgan fingerprint density at radius 3 is 2.61 bits per heavy atom. The molecule has 18 heavy (non-hydrogen) atoms. The molecule has 0 amide bonds. The fourth-order valence-electron chi connectivity index (χ4n) is 2.74. The van der Waals surface area contributed by atoms with Crippen LogP contribution in [0.3, 0.4) is 0 Å². The van der Waals surface area contributed by atoms with Crippen molar-refractivity contribution >= 4 is 6.01 Å². The first-order valence-corrected chi connectivity index (χ1v) is 6.91. The lowest BCUT2D eigenvalue weighted by molar-refractivity contribution is 0.334. The van der Waals surface area contributed by atoms with Gasteiger partial charge in [0.15, 0.2) is 0 Å². The van der Waals surface area contributed by atoms with Crippen molar-refractivity contribution in [2.45, 2.75) is 40.2 Å². The van der Waals surface area contributed by atoms with Gasteiger partial charge in [-0.3, -0.25) is 0 Å². The van der Waals surface area contributed by atoms with Crippen LogP contribution in [0.5, 0.6) is 0 Å². The van der Waals surface area contributed by atoms with Crippen LogP contribution in [0.2, 0.25) is 0 Å². The molecular weight excluding hydrogens is 228 g/mol. The van der Waals surface area contributed by atoms with E-state index in [1.807, 2.05) is 6.92 Å². The molecule has 1 N–H and O–H groups in total. The third kappa shape index (κ3) is 3.02. The first-order chi connectivity index (χ1) is 8.60. The summed E-state index contributed by atoms with van der Waals surface area (Å²) in [6, 6.07) is 0.795. The summed E-state index contributed by atoms with van der Waals surface area (Å²) in [5, 5.41) is 11.6. The second kappa shape index (κ2) is 5.69. The Kier molecular flexibility index (Phi) is 4.22. The van der Waals surface area contributed by atoms with E-state index in [1.165, 1.54) is 6.42 Å². The molecule has 1 aliphatic rings. The van der Waals surface area contributed by atoms with Crippen molar-refractivity contribution in [2.75, 3.05) is 24.5 Å². The largest absolute Gasteiger partial charge is 0.406 e. The van der Waals surface area contributed by atoms with Crippen LogP contribution >= 0.6 is 0 Å². The Balaban J connectivity index is 2.05. The van der Waals surface area contributed by atoms with Crippen molar-refractivity contribution in [1.29, 1.82) is 0 Å². The lowest BCUT2D eigenvalue weighted by atomic mass is 9.92. The number of piperidine rings is 1. The number of nitrogens with zero attached hydrogens (tertiary/aromatic N) is 3. The van der Waals surface area contributed by atoms with Crippen LogP contribution in [0.4, 0.5) is 6.01 Å². The van der Waals surface area contributed by atoms with Gasteiger partial charge in [0, 0.05) is 13.1 Å². The lowest BCUT2D eigenvalue weighted by Crippen LogP contribution is -2.38. The number of anilines is 1. The zero-order valence-electron chi connectivity index (χ0n) is 11.8. The van der Waals surface area contributed by atoms with Crippen LogP contribution in [0.1, 0.15) is 46.0 Å². The second-order valence-corrected chi connectivity index (χ2v) is 5.55. The molecule has 0 saturated carbocycles. The number of rotatable bonds is 4. The SMILES string of the molecule is CCNC(C)c1nnc(N2CC(C)CC(C)C2)o1. The van der Waals surface area contributed by atoms with Crippen molar-refractivity contribution in [3.8, 4) is 0 Å². The maximum Gasteiger partial charge on any atom is 0.318 e. The maximum absolute atomic E-state index is 5.78. The highest BCUT2D eigenvalue weighted by atomic mass is 16.4. The van der Waals surface area contributed by atoms with E-state index >= 15 is 0 Å². The van der Waals surface area contributed by atoms with E-state index in [2.05, 4.69) is 41.2 Å². The second-order valence-electron chi connectivity index (χ2n) is 5.55. The third-order valence-corrected chi connectivity index (χ3v) is 3.45. The van der Waals surface area contributed by atoms with Crippen molar-refractivity contribution in [3.05, 3.63) is 5.89 Å². The zero-order valence-corrected chi connectivity index (χ0v) is 11.8. The number of nitrogens with one attached hydrogen (secondary N) is 1. The number of hydrogen-bond acceptors (Lipinski definition) is 5. The zero-order chi connectivity index (χ0) is 13.1. The molecule has 1 aliphatic heterocycles. The van der Waals surface area contributed by atoms with Crippen molar-refractivity contribution in [3.63, 3.8) is 0 Å². The first kappa shape index (κ1) is 13.3. The highest BCUT2D eigenvalue weighted by molar-refractivity contribution is 5.25. The third-order valence-electron chi connectivity index (χ3n) is 3.45. The minimum atomic E-state index is 0.121. The van der Waals surface area contributed by atoms with Gasteiger partial charge >= 0.3 is 6.01 Å². The van der Waals surface area contributed by atoms with E-state index in [0.29, 0.717) is 23.7 Å². The highest BCUT2D eigenvalue weighted by Gasteiger charge is 2.26. The van der Waals surface area contributed by atoms with Gasteiger partial charge in [0.05, 0.1) is 6.04 Å². The van der Waals surface area contributed by atoms with Gasteiger partial charge in [-0.2, -0.15) is 0 Å². The Morgan fingerprint density at radius 2 is 2.00 bits per heavy atom. The maximum atomic E-state index is 5.78. The summed E-state index contributed by atoms with van der Waals surface area (Å²) in [5.74, 6) is 2.06. The standard InChI is InChI=1S/C13H24N4O/c1-5-14-11(4)12-15-16-13(18-12)17-7-9(2)6-10(3)8-17/h9-11,14H,5-8H2,1-4H3. The average Bonchev–Trinajstić information content (AvgIpc) is 2.77. The Labute approximate surface area is 109 Å². The minimum Gasteiger partial charge on any atom is -0.406 e. The predicted molar refractivity (Wildman–Crippen MR) is 71.5 cm³/mol. The van der Waals surface area contributed by atoms with Gasteiger partial charge in [-0.25, -0.2) is 0 Å². The van der Waals surface area contributed by atoms with Gasteiger partial charge < -0.3 is 14.6 Å². The number of hydrogen-bond donors (Lipinski definition) is 1. The molecule has 1 aromatic heterocycles. The normalized spacial score (nSPS) is 26.3. The Bertz CT molecular complexity index is 369. The van der Waals surface area contributed by atoms with Crippen molar-refractivity contribution in [1.82, 2.24) is 15.5 Å². The van der Waals surface area contributed by atoms with Crippen molar-refractivity contribution in [2.24, 2.45) is 11.8 Å². The summed E-state index contributed by atoms with van der Waals surface area (Å²) in [6.45, 7) is 11.6. The molecule has 3 unspecified atom stereocenters. The van der Waals surface area contributed by atoms with E-state index < -0.39 is 0 Å². The molecule has 0 radical (unpaired) electrons. The molecule has 2 heterocycles. The average molecular weight is 252 g/mol. The monoisotopic (exact) mass is 252 g/mol. The molecule has 0 aliphatic carbocycles.